The van der Waals surface area contributed by atoms with Crippen molar-refractivity contribution < 1.29 is 0 Å². The lowest BCUT2D eigenvalue weighted by Crippen LogP contribution is -2.00. The number of tetrazole rings is 1. The molecule has 0 spiro atoms. The van der Waals surface area contributed by atoms with Crippen molar-refractivity contribution in [1.82, 2.24) is 25.2 Å². The largest absolute Gasteiger partial charge is 0.244 e. The quantitative estimate of drug-likeness (QED) is 0.568. The molecule has 22 heavy (non-hydrogen) atoms. The molecule has 6 heteroatoms. The van der Waals surface area contributed by atoms with E-state index in [2.05, 4.69) is 20.5 Å². The van der Waals surface area contributed by atoms with Gasteiger partial charge >= 0.3 is 0 Å². The maximum absolute atomic E-state index is 5.92. The Balaban J connectivity index is 1.85. The van der Waals surface area contributed by atoms with Gasteiger partial charge in [0.25, 0.3) is 0 Å². The summed E-state index contributed by atoms with van der Waals surface area (Å²) in [5.74, 6) is 0.591. The van der Waals surface area contributed by atoms with E-state index >= 15 is 0 Å². The van der Waals surface area contributed by atoms with Crippen molar-refractivity contribution >= 4 is 22.5 Å². The zero-order valence-electron chi connectivity index (χ0n) is 11.4. The molecule has 4 aromatic rings. The fraction of sp³-hybridized carbons (Fsp3) is 0. The Hall–Kier alpha value is -2.79. The molecule has 2 aromatic carbocycles. The van der Waals surface area contributed by atoms with Gasteiger partial charge in [-0.05, 0) is 46.8 Å². The van der Waals surface area contributed by atoms with Gasteiger partial charge in [-0.3, -0.25) is 0 Å². The monoisotopic (exact) mass is 307 g/mol. The molecule has 0 atom stereocenters. The zero-order valence-corrected chi connectivity index (χ0v) is 12.1. The van der Waals surface area contributed by atoms with E-state index in [4.69, 9.17) is 11.6 Å². The van der Waals surface area contributed by atoms with Gasteiger partial charge in [-0.15, -0.1) is 5.10 Å². The Labute approximate surface area is 131 Å². The molecule has 0 N–H and O–H groups in total. The summed E-state index contributed by atoms with van der Waals surface area (Å²) in [6, 6.07) is 19.2. The van der Waals surface area contributed by atoms with E-state index in [9.17, 15) is 0 Å². The van der Waals surface area contributed by atoms with Gasteiger partial charge in [0, 0.05) is 10.4 Å². The van der Waals surface area contributed by atoms with Gasteiger partial charge in [0.15, 0.2) is 0 Å². The molecule has 0 saturated heterocycles. The summed E-state index contributed by atoms with van der Waals surface area (Å²) < 4.78 is 1.65. The first-order valence-electron chi connectivity index (χ1n) is 6.72. The van der Waals surface area contributed by atoms with Crippen LogP contribution in [0.5, 0.6) is 0 Å². The third kappa shape index (κ3) is 2.21. The first kappa shape index (κ1) is 12.9. The smallest absolute Gasteiger partial charge is 0.205 e. The number of fused-ring (bicyclic) bond motifs is 1. The lowest BCUT2D eigenvalue weighted by molar-refractivity contribution is 0.790. The fourth-order valence-corrected chi connectivity index (χ4v) is 2.42. The summed E-state index contributed by atoms with van der Waals surface area (Å²) >= 11 is 5.92. The number of hydrogen-bond acceptors (Lipinski definition) is 4. The first-order chi connectivity index (χ1) is 10.8. The molecule has 2 heterocycles. The Morgan fingerprint density at radius 3 is 2.55 bits per heavy atom. The number of benzene rings is 2. The number of aromatic nitrogens is 5. The predicted molar refractivity (Wildman–Crippen MR) is 84.9 cm³/mol. The SMILES string of the molecule is Clc1ccc(-n2nnnc2-c2ccc3ccccc3n2)cc1. The lowest BCUT2D eigenvalue weighted by Gasteiger charge is -2.05. The van der Waals surface area contributed by atoms with Crippen molar-refractivity contribution in [3.8, 4) is 17.2 Å². The molecule has 4 rings (SSSR count). The Morgan fingerprint density at radius 1 is 0.864 bits per heavy atom. The van der Waals surface area contributed by atoms with Crippen molar-refractivity contribution in [3.63, 3.8) is 0 Å². The van der Waals surface area contributed by atoms with Gasteiger partial charge in [-0.1, -0.05) is 35.9 Å². The van der Waals surface area contributed by atoms with Crippen molar-refractivity contribution in [3.05, 3.63) is 65.7 Å². The molecule has 0 aliphatic heterocycles. The maximum atomic E-state index is 5.92. The molecule has 0 aliphatic carbocycles. The number of rotatable bonds is 2. The van der Waals surface area contributed by atoms with Gasteiger partial charge < -0.3 is 0 Å². The van der Waals surface area contributed by atoms with E-state index in [0.717, 1.165) is 22.3 Å². The van der Waals surface area contributed by atoms with Crippen LogP contribution in [-0.4, -0.2) is 25.2 Å². The summed E-state index contributed by atoms with van der Waals surface area (Å²) in [7, 11) is 0. The van der Waals surface area contributed by atoms with E-state index in [1.165, 1.54) is 0 Å². The summed E-state index contributed by atoms with van der Waals surface area (Å²) in [5.41, 5.74) is 2.46. The summed E-state index contributed by atoms with van der Waals surface area (Å²) in [4.78, 5) is 4.63. The highest BCUT2D eigenvalue weighted by atomic mass is 35.5. The third-order valence-electron chi connectivity index (χ3n) is 3.37. The highest BCUT2D eigenvalue weighted by Crippen LogP contribution is 2.21. The second-order valence-corrected chi connectivity index (χ2v) is 5.22. The third-order valence-corrected chi connectivity index (χ3v) is 3.62. The standard InChI is InChI=1S/C16H10ClN5/c17-12-6-8-13(9-7-12)22-16(19-20-21-22)15-10-5-11-3-1-2-4-14(11)18-15/h1-10H. The molecule has 2 aromatic heterocycles. The van der Waals surface area contributed by atoms with Gasteiger partial charge in [0.05, 0.1) is 11.2 Å². The van der Waals surface area contributed by atoms with Crippen LogP contribution in [0.4, 0.5) is 0 Å². The van der Waals surface area contributed by atoms with E-state index in [1.54, 1.807) is 16.8 Å². The van der Waals surface area contributed by atoms with E-state index < -0.39 is 0 Å². The Bertz CT molecular complexity index is 946. The number of nitrogens with zero attached hydrogens (tertiary/aromatic N) is 5. The highest BCUT2D eigenvalue weighted by molar-refractivity contribution is 6.30. The molecule has 0 unspecified atom stereocenters. The van der Waals surface area contributed by atoms with Gasteiger partial charge in [0.1, 0.15) is 5.69 Å². The van der Waals surface area contributed by atoms with Crippen LogP contribution in [0.1, 0.15) is 0 Å². The minimum atomic E-state index is 0.591. The van der Waals surface area contributed by atoms with Crippen LogP contribution in [-0.2, 0) is 0 Å². The molecule has 0 fully saturated rings. The highest BCUT2D eigenvalue weighted by Gasteiger charge is 2.12. The number of halogens is 1. The van der Waals surface area contributed by atoms with E-state index in [0.29, 0.717) is 10.8 Å². The molecule has 0 bridgehead atoms. The number of para-hydroxylation sites is 1. The minimum absolute atomic E-state index is 0.591. The summed E-state index contributed by atoms with van der Waals surface area (Å²) in [6.07, 6.45) is 0. The average Bonchev–Trinajstić information content (AvgIpc) is 3.05. The molecule has 0 amide bonds. The zero-order chi connectivity index (χ0) is 14.9. The van der Waals surface area contributed by atoms with Crippen LogP contribution in [0.25, 0.3) is 28.1 Å². The number of hydrogen-bond donors (Lipinski definition) is 0. The van der Waals surface area contributed by atoms with Crippen LogP contribution < -0.4 is 0 Å². The molecule has 5 nitrogen and oxygen atoms in total. The average molecular weight is 308 g/mol. The van der Waals surface area contributed by atoms with Crippen LogP contribution in [0.3, 0.4) is 0 Å². The number of pyridine rings is 1. The van der Waals surface area contributed by atoms with Gasteiger partial charge in [-0.2, -0.15) is 4.68 Å². The fourth-order valence-electron chi connectivity index (χ4n) is 2.29. The van der Waals surface area contributed by atoms with Crippen molar-refractivity contribution in [1.29, 1.82) is 0 Å². The van der Waals surface area contributed by atoms with Crippen molar-refractivity contribution in [2.75, 3.05) is 0 Å². The normalized spacial score (nSPS) is 11.0. The molecular weight excluding hydrogens is 298 g/mol. The Kier molecular flexibility index (Phi) is 3.05. The van der Waals surface area contributed by atoms with Crippen LogP contribution in [0, 0.1) is 0 Å². The molecule has 0 aliphatic rings. The van der Waals surface area contributed by atoms with Gasteiger partial charge in [-0.25, -0.2) is 4.98 Å². The van der Waals surface area contributed by atoms with Crippen molar-refractivity contribution in [2.24, 2.45) is 0 Å². The lowest BCUT2D eigenvalue weighted by atomic mass is 10.2. The van der Waals surface area contributed by atoms with Crippen LogP contribution in [0.2, 0.25) is 5.02 Å². The van der Waals surface area contributed by atoms with Crippen LogP contribution in [0.15, 0.2) is 60.7 Å². The Morgan fingerprint density at radius 2 is 1.68 bits per heavy atom. The predicted octanol–water partition coefficient (Wildman–Crippen LogP) is 3.53. The molecule has 0 saturated carbocycles. The van der Waals surface area contributed by atoms with Crippen LogP contribution >= 0.6 is 11.6 Å². The summed E-state index contributed by atoms with van der Waals surface area (Å²) in [5, 5.41) is 13.7. The maximum Gasteiger partial charge on any atom is 0.205 e. The second kappa shape index (κ2) is 5.20. The molecule has 0 radical (unpaired) electrons. The van der Waals surface area contributed by atoms with E-state index in [-0.39, 0.29) is 0 Å². The van der Waals surface area contributed by atoms with E-state index in [1.807, 2.05) is 48.5 Å². The minimum Gasteiger partial charge on any atom is -0.244 e. The van der Waals surface area contributed by atoms with Crippen molar-refractivity contribution in [2.45, 2.75) is 0 Å². The molecule has 106 valence electrons. The van der Waals surface area contributed by atoms with Gasteiger partial charge in [0.2, 0.25) is 5.82 Å². The second-order valence-electron chi connectivity index (χ2n) is 4.78. The topological polar surface area (TPSA) is 56.5 Å². The molecular formula is C16H10ClN5. The summed E-state index contributed by atoms with van der Waals surface area (Å²) in [6.45, 7) is 0. The first-order valence-corrected chi connectivity index (χ1v) is 7.09.